The first-order chi connectivity index (χ1) is 4.79. The first-order valence-electron chi connectivity index (χ1n) is 3.28. The lowest BCUT2D eigenvalue weighted by Gasteiger charge is -1.97. The maximum absolute atomic E-state index is 4.09. The quantitative estimate of drug-likeness (QED) is 0.569. The molecular weight excluding hydrogens is 126 g/mol. The highest BCUT2D eigenvalue weighted by atomic mass is 15.3. The normalized spacial score (nSPS) is 9.80. The molecule has 0 saturated carbocycles. The lowest BCUT2D eigenvalue weighted by atomic mass is 10.4. The van der Waals surface area contributed by atoms with Crippen molar-refractivity contribution in [2.24, 2.45) is 4.99 Å². The third kappa shape index (κ3) is 0.943. The Morgan fingerprint density at radius 1 is 1.80 bits per heavy atom. The Kier molecular flexibility index (Phi) is 1.85. The van der Waals surface area contributed by atoms with Gasteiger partial charge in [-0.1, -0.05) is 0 Å². The second kappa shape index (κ2) is 2.64. The van der Waals surface area contributed by atoms with Crippen LogP contribution in [-0.4, -0.2) is 16.5 Å². The van der Waals surface area contributed by atoms with Crippen LogP contribution in [0.15, 0.2) is 11.2 Å². The molecule has 3 nitrogen and oxygen atoms in total. The molecule has 0 spiro atoms. The van der Waals surface area contributed by atoms with E-state index in [0.717, 1.165) is 17.9 Å². The van der Waals surface area contributed by atoms with Gasteiger partial charge in [0.05, 0.1) is 6.20 Å². The molecular formula is C7H11N3. The average molecular weight is 137 g/mol. The molecule has 0 atom stereocenters. The fraction of sp³-hybridized carbons (Fsp3) is 0.429. The second-order valence-electron chi connectivity index (χ2n) is 2.13. The van der Waals surface area contributed by atoms with E-state index in [9.17, 15) is 0 Å². The van der Waals surface area contributed by atoms with E-state index in [0.29, 0.717) is 0 Å². The maximum atomic E-state index is 4.09. The summed E-state index contributed by atoms with van der Waals surface area (Å²) in [6, 6.07) is 0. The van der Waals surface area contributed by atoms with Crippen LogP contribution in [0.25, 0.3) is 0 Å². The molecule has 0 aromatic carbocycles. The molecule has 0 aliphatic rings. The summed E-state index contributed by atoms with van der Waals surface area (Å²) < 4.78 is 1.82. The fourth-order valence-corrected chi connectivity index (χ4v) is 0.910. The Hall–Kier alpha value is -1.12. The Morgan fingerprint density at radius 2 is 2.50 bits per heavy atom. The number of nitrogens with zero attached hydrogens (tertiary/aromatic N) is 3. The monoisotopic (exact) mass is 137 g/mol. The average Bonchev–Trinajstić information content (AvgIpc) is 2.30. The minimum absolute atomic E-state index is 0.849. The van der Waals surface area contributed by atoms with Crippen LogP contribution in [0, 0.1) is 6.92 Å². The van der Waals surface area contributed by atoms with Gasteiger partial charge in [-0.2, -0.15) is 5.10 Å². The Labute approximate surface area is 60.4 Å². The van der Waals surface area contributed by atoms with Crippen molar-refractivity contribution in [3.05, 3.63) is 11.8 Å². The number of aliphatic imine (C=N–C) groups is 1. The summed E-state index contributed by atoms with van der Waals surface area (Å²) in [5.74, 6) is 0.877. The largest absolute Gasteiger partial charge is 0.248 e. The van der Waals surface area contributed by atoms with Gasteiger partial charge < -0.3 is 0 Å². The van der Waals surface area contributed by atoms with Gasteiger partial charge in [0, 0.05) is 12.1 Å². The molecule has 10 heavy (non-hydrogen) atoms. The second-order valence-corrected chi connectivity index (χ2v) is 2.13. The summed E-state index contributed by atoms with van der Waals surface area (Å²) in [7, 11) is 0. The number of hydrogen-bond donors (Lipinski definition) is 0. The maximum Gasteiger partial charge on any atom is 0.152 e. The van der Waals surface area contributed by atoms with Gasteiger partial charge in [0.25, 0.3) is 0 Å². The third-order valence-electron chi connectivity index (χ3n) is 1.44. The molecule has 0 saturated heterocycles. The van der Waals surface area contributed by atoms with Gasteiger partial charge in [-0.15, -0.1) is 0 Å². The van der Waals surface area contributed by atoms with E-state index in [-0.39, 0.29) is 0 Å². The zero-order valence-corrected chi connectivity index (χ0v) is 6.33. The number of rotatable bonds is 2. The molecule has 1 heterocycles. The van der Waals surface area contributed by atoms with E-state index in [2.05, 4.69) is 16.8 Å². The Balaban J connectivity index is 3.12. The molecule has 0 unspecified atom stereocenters. The van der Waals surface area contributed by atoms with Gasteiger partial charge in [-0.05, 0) is 20.6 Å². The van der Waals surface area contributed by atoms with Gasteiger partial charge in [-0.3, -0.25) is 0 Å². The van der Waals surface area contributed by atoms with Crippen LogP contribution in [0.3, 0.4) is 0 Å². The Bertz CT molecular complexity index is 237. The van der Waals surface area contributed by atoms with Crippen molar-refractivity contribution in [1.29, 1.82) is 0 Å². The lowest BCUT2D eigenvalue weighted by Crippen LogP contribution is -1.94. The molecule has 0 bridgehead atoms. The van der Waals surface area contributed by atoms with E-state index in [1.54, 1.807) is 6.20 Å². The van der Waals surface area contributed by atoms with Crippen LogP contribution in [0.1, 0.15) is 12.5 Å². The summed E-state index contributed by atoms with van der Waals surface area (Å²) >= 11 is 0. The van der Waals surface area contributed by atoms with Gasteiger partial charge in [-0.25, -0.2) is 9.67 Å². The first-order valence-corrected chi connectivity index (χ1v) is 3.28. The van der Waals surface area contributed by atoms with Crippen molar-refractivity contribution in [3.63, 3.8) is 0 Å². The summed E-state index contributed by atoms with van der Waals surface area (Å²) in [6.45, 7) is 8.32. The Morgan fingerprint density at radius 3 is 2.90 bits per heavy atom. The molecule has 0 aliphatic heterocycles. The van der Waals surface area contributed by atoms with Crippen LogP contribution in [0.5, 0.6) is 0 Å². The molecule has 54 valence electrons. The highest BCUT2D eigenvalue weighted by molar-refractivity contribution is 5.44. The SMILES string of the molecule is C=Nc1c(C)cnn1CC. The molecule has 3 heteroatoms. The third-order valence-corrected chi connectivity index (χ3v) is 1.44. The minimum atomic E-state index is 0.849. The topological polar surface area (TPSA) is 30.2 Å². The van der Waals surface area contributed by atoms with Crippen LogP contribution in [0.2, 0.25) is 0 Å². The number of aromatic nitrogens is 2. The first kappa shape index (κ1) is 6.99. The van der Waals surface area contributed by atoms with Crippen LogP contribution in [-0.2, 0) is 6.54 Å². The van der Waals surface area contributed by atoms with E-state index in [1.807, 2.05) is 18.5 Å². The highest BCUT2D eigenvalue weighted by Crippen LogP contribution is 2.15. The predicted octanol–water partition coefficient (Wildman–Crippen LogP) is 1.54. The standard InChI is InChI=1S/C7H11N3/c1-4-10-7(8-3)6(2)5-9-10/h5H,3-4H2,1-2H3. The molecule has 0 amide bonds. The van der Waals surface area contributed by atoms with E-state index < -0.39 is 0 Å². The summed E-state index contributed by atoms with van der Waals surface area (Å²) in [5.41, 5.74) is 1.08. The molecule has 1 aromatic heterocycles. The van der Waals surface area contributed by atoms with Crippen LogP contribution < -0.4 is 0 Å². The van der Waals surface area contributed by atoms with Crippen LogP contribution >= 0.6 is 0 Å². The minimum Gasteiger partial charge on any atom is -0.248 e. The van der Waals surface area contributed by atoms with Crippen LogP contribution in [0.4, 0.5) is 5.82 Å². The van der Waals surface area contributed by atoms with Gasteiger partial charge in [0.2, 0.25) is 0 Å². The van der Waals surface area contributed by atoms with Crippen molar-refractivity contribution in [1.82, 2.24) is 9.78 Å². The molecule has 0 radical (unpaired) electrons. The zero-order valence-electron chi connectivity index (χ0n) is 6.33. The van der Waals surface area contributed by atoms with Crippen molar-refractivity contribution in [3.8, 4) is 0 Å². The predicted molar refractivity (Wildman–Crippen MR) is 41.8 cm³/mol. The number of aryl methyl sites for hydroxylation is 2. The molecule has 0 N–H and O–H groups in total. The van der Waals surface area contributed by atoms with E-state index in [1.165, 1.54) is 0 Å². The van der Waals surface area contributed by atoms with Crippen molar-refractivity contribution < 1.29 is 0 Å². The van der Waals surface area contributed by atoms with Crippen molar-refractivity contribution in [2.45, 2.75) is 20.4 Å². The summed E-state index contributed by atoms with van der Waals surface area (Å²) in [4.78, 5) is 3.85. The molecule has 1 aromatic rings. The highest BCUT2D eigenvalue weighted by Gasteiger charge is 2.00. The van der Waals surface area contributed by atoms with Crippen molar-refractivity contribution >= 4 is 12.5 Å². The smallest absolute Gasteiger partial charge is 0.152 e. The van der Waals surface area contributed by atoms with Gasteiger partial charge in [0.15, 0.2) is 5.82 Å². The lowest BCUT2D eigenvalue weighted by molar-refractivity contribution is 0.664. The van der Waals surface area contributed by atoms with Gasteiger partial charge in [0.1, 0.15) is 0 Å². The summed E-state index contributed by atoms with van der Waals surface area (Å²) in [6.07, 6.45) is 1.80. The van der Waals surface area contributed by atoms with E-state index >= 15 is 0 Å². The molecule has 0 aliphatic carbocycles. The molecule has 1 rings (SSSR count). The molecule has 0 fully saturated rings. The van der Waals surface area contributed by atoms with Gasteiger partial charge >= 0.3 is 0 Å². The number of hydrogen-bond acceptors (Lipinski definition) is 2. The zero-order chi connectivity index (χ0) is 7.56. The van der Waals surface area contributed by atoms with E-state index in [4.69, 9.17) is 0 Å². The summed E-state index contributed by atoms with van der Waals surface area (Å²) in [5, 5.41) is 4.09. The fourth-order valence-electron chi connectivity index (χ4n) is 0.910. The van der Waals surface area contributed by atoms with Crippen molar-refractivity contribution in [2.75, 3.05) is 0 Å².